The Kier molecular flexibility index (Phi) is 3.88. The molecule has 0 saturated heterocycles. The van der Waals surface area contributed by atoms with E-state index in [1.807, 2.05) is 18.5 Å². The average molecular weight is 270 g/mol. The Bertz CT molecular complexity index is 549. The van der Waals surface area contributed by atoms with Crippen molar-refractivity contribution < 1.29 is 5.11 Å². The van der Waals surface area contributed by atoms with Gasteiger partial charge in [-0.3, -0.25) is 0 Å². The van der Waals surface area contributed by atoms with E-state index in [1.54, 1.807) is 0 Å². The molecule has 1 heterocycles. The molecular weight excluding hydrogens is 248 g/mol. The van der Waals surface area contributed by atoms with Crippen LogP contribution in [0.4, 0.5) is 0 Å². The Morgan fingerprint density at radius 1 is 1.35 bits per heavy atom. The molecule has 0 aliphatic heterocycles. The lowest BCUT2D eigenvalue weighted by molar-refractivity contribution is 0.145. The molecule has 2 aromatic rings. The van der Waals surface area contributed by atoms with Gasteiger partial charge in [-0.25, -0.2) is 4.98 Å². The quantitative estimate of drug-likeness (QED) is 0.876. The number of nitrogens with zero attached hydrogens (tertiary/aromatic N) is 2. The summed E-state index contributed by atoms with van der Waals surface area (Å²) in [5, 5.41) is 10.4. The van der Waals surface area contributed by atoms with Gasteiger partial charge in [-0.05, 0) is 30.2 Å². The van der Waals surface area contributed by atoms with Gasteiger partial charge in [0.05, 0.1) is 6.10 Å². The van der Waals surface area contributed by atoms with Crippen LogP contribution in [0.1, 0.15) is 37.1 Å². The zero-order valence-corrected chi connectivity index (χ0v) is 11.9. The second-order valence-electron chi connectivity index (χ2n) is 5.73. The van der Waals surface area contributed by atoms with Crippen molar-refractivity contribution in [2.45, 2.75) is 44.8 Å². The topological polar surface area (TPSA) is 38.0 Å². The number of aryl methyl sites for hydroxylation is 1. The molecule has 3 atom stereocenters. The highest BCUT2D eigenvalue weighted by atomic mass is 16.3. The predicted octanol–water partition coefficient (Wildman–Crippen LogP) is 3.00. The summed E-state index contributed by atoms with van der Waals surface area (Å²) in [5.74, 6) is 1.93. The fraction of sp³-hybridized carbons (Fsp3) is 0.471. The van der Waals surface area contributed by atoms with Crippen LogP contribution >= 0.6 is 0 Å². The summed E-state index contributed by atoms with van der Waals surface area (Å²) in [7, 11) is 0. The number of benzene rings is 1. The molecule has 0 radical (unpaired) electrons. The van der Waals surface area contributed by atoms with Crippen LogP contribution < -0.4 is 0 Å². The van der Waals surface area contributed by atoms with Crippen molar-refractivity contribution in [3.8, 4) is 0 Å². The molecule has 1 saturated carbocycles. The van der Waals surface area contributed by atoms with E-state index in [4.69, 9.17) is 0 Å². The first-order valence-electron chi connectivity index (χ1n) is 7.52. The van der Waals surface area contributed by atoms with E-state index in [9.17, 15) is 5.11 Å². The molecular formula is C17H22N2O. The second-order valence-corrected chi connectivity index (χ2v) is 5.73. The highest BCUT2D eigenvalue weighted by Crippen LogP contribution is 2.49. The largest absolute Gasteiger partial charge is 0.392 e. The van der Waals surface area contributed by atoms with Gasteiger partial charge in [-0.1, -0.05) is 37.3 Å². The van der Waals surface area contributed by atoms with Crippen LogP contribution in [0.2, 0.25) is 0 Å². The molecule has 0 bridgehead atoms. The predicted molar refractivity (Wildman–Crippen MR) is 79.5 cm³/mol. The summed E-state index contributed by atoms with van der Waals surface area (Å²) >= 11 is 0. The third-order valence-corrected chi connectivity index (χ3v) is 4.22. The number of aromatic nitrogens is 2. The van der Waals surface area contributed by atoms with Crippen molar-refractivity contribution in [3.05, 3.63) is 54.1 Å². The number of rotatable bonds is 6. The fourth-order valence-corrected chi connectivity index (χ4v) is 3.04. The third kappa shape index (κ3) is 2.78. The van der Waals surface area contributed by atoms with E-state index in [0.29, 0.717) is 18.3 Å². The van der Waals surface area contributed by atoms with Gasteiger partial charge in [-0.2, -0.15) is 0 Å². The first kappa shape index (κ1) is 13.4. The number of hydrogen-bond acceptors (Lipinski definition) is 2. The Hall–Kier alpha value is -1.61. The van der Waals surface area contributed by atoms with Gasteiger partial charge in [0.1, 0.15) is 5.82 Å². The van der Waals surface area contributed by atoms with Crippen LogP contribution in [-0.2, 0) is 13.0 Å². The summed E-state index contributed by atoms with van der Waals surface area (Å²) in [6, 6.07) is 10.5. The minimum absolute atomic E-state index is 0.279. The molecule has 0 spiro atoms. The fourth-order valence-electron chi connectivity index (χ4n) is 3.04. The van der Waals surface area contributed by atoms with Gasteiger partial charge in [-0.15, -0.1) is 0 Å². The van der Waals surface area contributed by atoms with Crippen molar-refractivity contribution in [1.29, 1.82) is 0 Å². The average Bonchev–Trinajstić information content (AvgIpc) is 3.17. The highest BCUT2D eigenvalue weighted by molar-refractivity contribution is 5.26. The van der Waals surface area contributed by atoms with E-state index in [2.05, 4.69) is 40.7 Å². The van der Waals surface area contributed by atoms with Crippen LogP contribution in [0.25, 0.3) is 0 Å². The molecule has 1 N–H and O–H groups in total. The van der Waals surface area contributed by atoms with E-state index < -0.39 is 0 Å². The van der Waals surface area contributed by atoms with Crippen LogP contribution in [0.3, 0.4) is 0 Å². The normalized spacial score (nSPS) is 22.7. The molecule has 3 unspecified atom stereocenters. The maximum absolute atomic E-state index is 10.4. The van der Waals surface area contributed by atoms with E-state index >= 15 is 0 Å². The van der Waals surface area contributed by atoms with Crippen molar-refractivity contribution in [2.24, 2.45) is 5.92 Å². The molecule has 20 heavy (non-hydrogen) atoms. The lowest BCUT2D eigenvalue weighted by Gasteiger charge is -2.12. The zero-order chi connectivity index (χ0) is 13.9. The lowest BCUT2D eigenvalue weighted by atomic mass is 10.0. The lowest BCUT2D eigenvalue weighted by Crippen LogP contribution is -2.17. The number of hydrogen-bond donors (Lipinski definition) is 1. The van der Waals surface area contributed by atoms with Gasteiger partial charge >= 0.3 is 0 Å². The van der Waals surface area contributed by atoms with E-state index in [1.165, 1.54) is 5.56 Å². The van der Waals surface area contributed by atoms with Crippen molar-refractivity contribution in [1.82, 2.24) is 9.55 Å². The number of imidazole rings is 1. The molecule has 1 aromatic carbocycles. The molecule has 3 nitrogen and oxygen atoms in total. The van der Waals surface area contributed by atoms with Crippen LogP contribution in [0.5, 0.6) is 0 Å². The van der Waals surface area contributed by atoms with Gasteiger partial charge in [0.25, 0.3) is 0 Å². The minimum atomic E-state index is -0.279. The Morgan fingerprint density at radius 3 is 2.90 bits per heavy atom. The smallest absolute Gasteiger partial charge is 0.111 e. The summed E-state index contributed by atoms with van der Waals surface area (Å²) in [6.07, 6.45) is 6.42. The zero-order valence-electron chi connectivity index (χ0n) is 11.9. The number of aliphatic hydroxyl groups excluding tert-OH is 1. The third-order valence-electron chi connectivity index (χ3n) is 4.22. The van der Waals surface area contributed by atoms with Crippen LogP contribution in [-0.4, -0.2) is 20.8 Å². The molecule has 3 rings (SSSR count). The van der Waals surface area contributed by atoms with Gasteiger partial charge < -0.3 is 9.67 Å². The van der Waals surface area contributed by atoms with Gasteiger partial charge in [0.15, 0.2) is 0 Å². The van der Waals surface area contributed by atoms with E-state index in [-0.39, 0.29) is 6.10 Å². The summed E-state index contributed by atoms with van der Waals surface area (Å²) in [5.41, 5.74) is 1.36. The minimum Gasteiger partial charge on any atom is -0.392 e. The number of aliphatic hydroxyl groups is 1. The summed E-state index contributed by atoms with van der Waals surface area (Å²) < 4.78 is 2.16. The van der Waals surface area contributed by atoms with Crippen LogP contribution in [0.15, 0.2) is 42.7 Å². The molecule has 106 valence electrons. The Balaban J connectivity index is 1.61. The van der Waals surface area contributed by atoms with Crippen molar-refractivity contribution in [3.63, 3.8) is 0 Å². The first-order valence-corrected chi connectivity index (χ1v) is 7.52. The standard InChI is InChI=1S/C17H22N2O/c1-2-9-19-10-8-18-17(19)12-16(20)15-11-14(15)13-6-4-3-5-7-13/h3-8,10,14-16,20H,2,9,11-12H2,1H3. The van der Waals surface area contributed by atoms with Gasteiger partial charge in [0.2, 0.25) is 0 Å². The van der Waals surface area contributed by atoms with E-state index in [0.717, 1.165) is 25.2 Å². The second kappa shape index (κ2) is 5.80. The Labute approximate surface area is 120 Å². The molecule has 1 aliphatic rings. The monoisotopic (exact) mass is 270 g/mol. The molecule has 1 aliphatic carbocycles. The van der Waals surface area contributed by atoms with Crippen LogP contribution in [0, 0.1) is 5.92 Å². The van der Waals surface area contributed by atoms with Crippen molar-refractivity contribution in [2.75, 3.05) is 0 Å². The highest BCUT2D eigenvalue weighted by Gasteiger charge is 2.43. The summed E-state index contributed by atoms with van der Waals surface area (Å²) in [6.45, 7) is 3.14. The maximum atomic E-state index is 10.4. The molecule has 1 aromatic heterocycles. The van der Waals surface area contributed by atoms with Crippen molar-refractivity contribution >= 4 is 0 Å². The molecule has 0 amide bonds. The Morgan fingerprint density at radius 2 is 2.15 bits per heavy atom. The van der Waals surface area contributed by atoms with Gasteiger partial charge in [0, 0.05) is 25.4 Å². The first-order chi connectivity index (χ1) is 9.79. The SMILES string of the molecule is CCCn1ccnc1CC(O)C1CC1c1ccccc1. The summed E-state index contributed by atoms with van der Waals surface area (Å²) in [4.78, 5) is 4.39. The maximum Gasteiger partial charge on any atom is 0.111 e. The molecule has 1 fully saturated rings. The molecule has 3 heteroatoms.